The van der Waals surface area contributed by atoms with Crippen LogP contribution in [-0.2, 0) is 4.79 Å². The quantitative estimate of drug-likeness (QED) is 0.606. The van der Waals surface area contributed by atoms with Gasteiger partial charge in [-0.3, -0.25) is 9.59 Å². The Labute approximate surface area is 153 Å². The van der Waals surface area contributed by atoms with Gasteiger partial charge < -0.3 is 14.8 Å². The van der Waals surface area contributed by atoms with Gasteiger partial charge in [-0.2, -0.15) is 13.2 Å². The molecule has 8 heteroatoms. The summed E-state index contributed by atoms with van der Waals surface area (Å²) in [7, 11) is 2.89. The Morgan fingerprint density at radius 2 is 1.78 bits per heavy atom. The Hall–Kier alpha value is -3.29. The van der Waals surface area contributed by atoms with E-state index in [1.807, 2.05) is 0 Å². The number of alkyl halides is 3. The average Bonchev–Trinajstić information content (AvgIpc) is 2.65. The predicted molar refractivity (Wildman–Crippen MR) is 94.0 cm³/mol. The maximum atomic E-state index is 12.4. The first-order valence-electron chi connectivity index (χ1n) is 7.67. The van der Waals surface area contributed by atoms with Crippen LogP contribution in [0.25, 0.3) is 6.08 Å². The molecular weight excluding hydrogens is 363 g/mol. The lowest BCUT2D eigenvalue weighted by Crippen LogP contribution is -2.29. The summed E-state index contributed by atoms with van der Waals surface area (Å²) in [5, 5.41) is 1.76. The predicted octanol–water partition coefficient (Wildman–Crippen LogP) is 4.10. The van der Waals surface area contributed by atoms with Crippen LogP contribution in [0.4, 0.5) is 18.9 Å². The SMILES string of the molecule is COc1ccc(OC)c(C(=O)/C=C/c2cccc(NC(=O)C(F)(F)F)c2)c1. The lowest BCUT2D eigenvalue weighted by atomic mass is 10.1. The molecule has 1 N–H and O–H groups in total. The van der Waals surface area contributed by atoms with E-state index in [-0.39, 0.29) is 17.0 Å². The van der Waals surface area contributed by atoms with Gasteiger partial charge in [-0.15, -0.1) is 0 Å². The van der Waals surface area contributed by atoms with Crippen LogP contribution in [0.15, 0.2) is 48.5 Å². The lowest BCUT2D eigenvalue weighted by Gasteiger charge is -2.09. The molecule has 0 bridgehead atoms. The molecule has 1 amide bonds. The van der Waals surface area contributed by atoms with E-state index in [4.69, 9.17) is 9.47 Å². The highest BCUT2D eigenvalue weighted by atomic mass is 19.4. The molecule has 0 aromatic heterocycles. The maximum absolute atomic E-state index is 12.4. The number of hydrogen-bond donors (Lipinski definition) is 1. The molecule has 0 spiro atoms. The van der Waals surface area contributed by atoms with Crippen LogP contribution in [0.1, 0.15) is 15.9 Å². The summed E-state index contributed by atoms with van der Waals surface area (Å²) in [5.74, 6) is -1.61. The van der Waals surface area contributed by atoms with Gasteiger partial charge in [0.15, 0.2) is 5.78 Å². The second-order valence-electron chi connectivity index (χ2n) is 5.34. The molecule has 0 radical (unpaired) electrons. The first-order chi connectivity index (χ1) is 12.7. The zero-order valence-corrected chi connectivity index (χ0v) is 14.5. The third-order valence-corrected chi connectivity index (χ3v) is 3.50. The first kappa shape index (κ1) is 20.0. The zero-order valence-electron chi connectivity index (χ0n) is 14.5. The number of carbonyl (C=O) groups is 2. The van der Waals surface area contributed by atoms with Crippen molar-refractivity contribution in [3.05, 3.63) is 59.7 Å². The number of hydrogen-bond acceptors (Lipinski definition) is 4. The standard InChI is InChI=1S/C19H16F3NO4/c1-26-14-7-9-17(27-2)15(11-14)16(24)8-6-12-4-3-5-13(10-12)23-18(25)19(20,21)22/h3-11H,1-2H3,(H,23,25)/b8-6+. The fourth-order valence-corrected chi connectivity index (χ4v) is 2.19. The third kappa shape index (κ3) is 5.34. The molecule has 0 saturated heterocycles. The minimum atomic E-state index is -4.98. The van der Waals surface area contributed by atoms with Gasteiger partial charge in [-0.05, 0) is 42.0 Å². The topological polar surface area (TPSA) is 64.6 Å². The van der Waals surface area contributed by atoms with Gasteiger partial charge >= 0.3 is 12.1 Å². The van der Waals surface area contributed by atoms with E-state index in [2.05, 4.69) is 0 Å². The van der Waals surface area contributed by atoms with Crippen LogP contribution in [0.3, 0.4) is 0 Å². The lowest BCUT2D eigenvalue weighted by molar-refractivity contribution is -0.167. The van der Waals surface area contributed by atoms with Crippen molar-refractivity contribution in [2.75, 3.05) is 19.5 Å². The molecule has 2 rings (SSSR count). The maximum Gasteiger partial charge on any atom is 0.471 e. The van der Waals surface area contributed by atoms with E-state index in [9.17, 15) is 22.8 Å². The summed E-state index contributed by atoms with van der Waals surface area (Å²) in [6, 6.07) is 10.4. The number of ketones is 1. The molecule has 0 atom stereocenters. The molecule has 0 aliphatic heterocycles. The van der Waals surface area contributed by atoms with Crippen molar-refractivity contribution in [3.8, 4) is 11.5 Å². The van der Waals surface area contributed by atoms with Crippen molar-refractivity contribution in [2.45, 2.75) is 6.18 Å². The summed E-state index contributed by atoms with van der Waals surface area (Å²) in [4.78, 5) is 23.4. The van der Waals surface area contributed by atoms with Gasteiger partial charge in [0.05, 0.1) is 19.8 Å². The number of methoxy groups -OCH3 is 2. The van der Waals surface area contributed by atoms with Gasteiger partial charge in [-0.25, -0.2) is 0 Å². The largest absolute Gasteiger partial charge is 0.497 e. The molecule has 0 unspecified atom stereocenters. The van der Waals surface area contributed by atoms with Gasteiger partial charge in [0.1, 0.15) is 11.5 Å². The van der Waals surface area contributed by atoms with E-state index in [1.165, 1.54) is 50.6 Å². The van der Waals surface area contributed by atoms with E-state index in [0.29, 0.717) is 17.1 Å². The summed E-state index contributed by atoms with van der Waals surface area (Å²) in [5.41, 5.74) is 0.672. The third-order valence-electron chi connectivity index (χ3n) is 3.50. The van der Waals surface area contributed by atoms with Crippen LogP contribution in [0.2, 0.25) is 0 Å². The Morgan fingerprint density at radius 1 is 1.04 bits per heavy atom. The number of halogens is 3. The number of anilines is 1. The highest BCUT2D eigenvalue weighted by Crippen LogP contribution is 2.25. The molecule has 27 heavy (non-hydrogen) atoms. The second-order valence-corrected chi connectivity index (χ2v) is 5.34. The van der Waals surface area contributed by atoms with Crippen molar-refractivity contribution < 1.29 is 32.2 Å². The van der Waals surface area contributed by atoms with Crippen LogP contribution in [0, 0.1) is 0 Å². The summed E-state index contributed by atoms with van der Waals surface area (Å²) in [6.07, 6.45) is -2.31. The molecule has 2 aromatic rings. The molecule has 0 fully saturated rings. The second kappa shape index (κ2) is 8.39. The molecule has 0 aliphatic rings. The Bertz CT molecular complexity index is 875. The van der Waals surface area contributed by atoms with Gasteiger partial charge in [0.25, 0.3) is 0 Å². The van der Waals surface area contributed by atoms with E-state index in [1.54, 1.807) is 23.5 Å². The van der Waals surface area contributed by atoms with Crippen LogP contribution in [-0.4, -0.2) is 32.1 Å². The fraction of sp³-hybridized carbons (Fsp3) is 0.158. The van der Waals surface area contributed by atoms with Crippen molar-refractivity contribution in [2.24, 2.45) is 0 Å². The zero-order chi connectivity index (χ0) is 20.0. The van der Waals surface area contributed by atoms with E-state index < -0.39 is 12.1 Å². The molecule has 0 saturated carbocycles. The number of ether oxygens (including phenoxy) is 2. The monoisotopic (exact) mass is 379 g/mol. The average molecular weight is 379 g/mol. The van der Waals surface area contributed by atoms with Gasteiger partial charge in [0.2, 0.25) is 0 Å². The van der Waals surface area contributed by atoms with Crippen LogP contribution < -0.4 is 14.8 Å². The Morgan fingerprint density at radius 3 is 2.41 bits per heavy atom. The number of amides is 1. The number of allylic oxidation sites excluding steroid dienone is 1. The van der Waals surface area contributed by atoms with Crippen LogP contribution in [0.5, 0.6) is 11.5 Å². The summed E-state index contributed by atoms with van der Waals surface area (Å²) < 4.78 is 47.2. The smallest absolute Gasteiger partial charge is 0.471 e. The van der Waals surface area contributed by atoms with E-state index >= 15 is 0 Å². The fourth-order valence-electron chi connectivity index (χ4n) is 2.19. The summed E-state index contributed by atoms with van der Waals surface area (Å²) in [6.45, 7) is 0. The van der Waals surface area contributed by atoms with Crippen molar-refractivity contribution in [1.29, 1.82) is 0 Å². The molecule has 2 aromatic carbocycles. The molecule has 0 aliphatic carbocycles. The number of rotatable bonds is 6. The molecule has 5 nitrogen and oxygen atoms in total. The highest BCUT2D eigenvalue weighted by molar-refractivity contribution is 6.09. The number of benzene rings is 2. The van der Waals surface area contributed by atoms with Gasteiger partial charge in [-0.1, -0.05) is 18.2 Å². The minimum Gasteiger partial charge on any atom is -0.497 e. The van der Waals surface area contributed by atoms with Crippen molar-refractivity contribution in [3.63, 3.8) is 0 Å². The number of carbonyl (C=O) groups excluding carboxylic acids is 2. The first-order valence-corrected chi connectivity index (χ1v) is 7.67. The Balaban J connectivity index is 2.20. The van der Waals surface area contributed by atoms with Crippen molar-refractivity contribution in [1.82, 2.24) is 0 Å². The molecular formula is C19H16F3NO4. The van der Waals surface area contributed by atoms with Crippen molar-refractivity contribution >= 4 is 23.5 Å². The minimum absolute atomic E-state index is 0.0362. The molecule has 0 heterocycles. The summed E-state index contributed by atoms with van der Waals surface area (Å²) >= 11 is 0. The van der Waals surface area contributed by atoms with E-state index in [0.717, 1.165) is 0 Å². The van der Waals surface area contributed by atoms with Crippen LogP contribution >= 0.6 is 0 Å². The number of nitrogens with one attached hydrogen (secondary N) is 1. The normalized spacial score (nSPS) is 11.3. The Kier molecular flexibility index (Phi) is 6.23. The molecule has 142 valence electrons. The highest BCUT2D eigenvalue weighted by Gasteiger charge is 2.38. The van der Waals surface area contributed by atoms with Gasteiger partial charge in [0, 0.05) is 5.69 Å².